The van der Waals surface area contributed by atoms with Gasteiger partial charge in [-0.05, 0) is 42.4 Å². The second kappa shape index (κ2) is 7.29. The van der Waals surface area contributed by atoms with Gasteiger partial charge in [0.25, 0.3) is 0 Å². The largest absolute Gasteiger partial charge is 0.493 e. The van der Waals surface area contributed by atoms with Crippen molar-refractivity contribution in [2.45, 2.75) is 52.4 Å². The topological polar surface area (TPSA) is 64.3 Å². The van der Waals surface area contributed by atoms with E-state index in [2.05, 4.69) is 51.3 Å². The third-order valence-electron chi connectivity index (χ3n) is 3.16. The Morgan fingerprint density at radius 1 is 1.30 bits per heavy atom. The van der Waals surface area contributed by atoms with Crippen LogP contribution < -0.4 is 16.0 Å². The highest BCUT2D eigenvalue weighted by atomic mass is 16.5. The van der Waals surface area contributed by atoms with Crippen molar-refractivity contribution < 1.29 is 9.53 Å². The number of hydrogen-bond acceptors (Lipinski definition) is 3. The number of rotatable bonds is 6. The zero-order chi connectivity index (χ0) is 15.2. The van der Waals surface area contributed by atoms with Crippen LogP contribution in [-0.2, 0) is 10.2 Å². The molecule has 0 aliphatic rings. The zero-order valence-corrected chi connectivity index (χ0v) is 13.0. The Morgan fingerprint density at radius 3 is 2.60 bits per heavy atom. The van der Waals surface area contributed by atoms with E-state index in [-0.39, 0.29) is 11.3 Å². The number of unbranched alkanes of at least 4 members (excludes halogenated alkanes) is 1. The van der Waals surface area contributed by atoms with E-state index in [0.717, 1.165) is 18.6 Å². The standard InChI is InChI=1S/C16H26N2O2/c1-12-8-9-13(16(2,3)4)14(11-12)20-10-6-5-7-15(19)18-17/h8-9,11H,5-7,10,17H2,1-4H3,(H,18,19). The van der Waals surface area contributed by atoms with Crippen molar-refractivity contribution >= 4 is 5.91 Å². The molecule has 0 atom stereocenters. The molecule has 1 aromatic rings. The first-order chi connectivity index (χ1) is 9.34. The van der Waals surface area contributed by atoms with E-state index in [1.54, 1.807) is 0 Å². The Morgan fingerprint density at radius 2 is 2.00 bits per heavy atom. The van der Waals surface area contributed by atoms with Crippen LogP contribution in [0.25, 0.3) is 0 Å². The molecule has 0 fully saturated rings. The normalized spacial score (nSPS) is 11.2. The predicted molar refractivity (Wildman–Crippen MR) is 81.6 cm³/mol. The molecular formula is C16H26N2O2. The van der Waals surface area contributed by atoms with E-state index in [0.29, 0.717) is 13.0 Å². The molecule has 0 aliphatic heterocycles. The van der Waals surface area contributed by atoms with E-state index in [4.69, 9.17) is 10.6 Å². The summed E-state index contributed by atoms with van der Waals surface area (Å²) in [6, 6.07) is 6.32. The van der Waals surface area contributed by atoms with Crippen molar-refractivity contribution in [3.63, 3.8) is 0 Å². The number of amides is 1. The Hall–Kier alpha value is -1.55. The van der Waals surface area contributed by atoms with Gasteiger partial charge in [0.2, 0.25) is 5.91 Å². The molecule has 0 saturated carbocycles. The average Bonchev–Trinajstić information content (AvgIpc) is 2.36. The van der Waals surface area contributed by atoms with Gasteiger partial charge >= 0.3 is 0 Å². The molecule has 4 nitrogen and oxygen atoms in total. The summed E-state index contributed by atoms with van der Waals surface area (Å²) in [6.45, 7) is 9.21. The Balaban J connectivity index is 2.55. The lowest BCUT2D eigenvalue weighted by Gasteiger charge is -2.23. The quantitative estimate of drug-likeness (QED) is 0.364. The minimum absolute atomic E-state index is 0.0580. The van der Waals surface area contributed by atoms with Crippen LogP contribution >= 0.6 is 0 Å². The number of hydrazine groups is 1. The summed E-state index contributed by atoms with van der Waals surface area (Å²) in [5.74, 6) is 5.85. The SMILES string of the molecule is Cc1ccc(C(C)(C)C)c(OCCCCC(=O)NN)c1. The molecule has 4 heteroatoms. The smallest absolute Gasteiger partial charge is 0.233 e. The van der Waals surface area contributed by atoms with Gasteiger partial charge in [0.05, 0.1) is 6.61 Å². The number of nitrogens with one attached hydrogen (secondary N) is 1. The van der Waals surface area contributed by atoms with Crippen LogP contribution in [0.3, 0.4) is 0 Å². The molecule has 1 rings (SSSR count). The van der Waals surface area contributed by atoms with Gasteiger partial charge in [0.1, 0.15) is 5.75 Å². The van der Waals surface area contributed by atoms with Gasteiger partial charge in [-0.2, -0.15) is 0 Å². The van der Waals surface area contributed by atoms with E-state index >= 15 is 0 Å². The van der Waals surface area contributed by atoms with Crippen LogP contribution in [0, 0.1) is 6.92 Å². The number of hydrogen-bond donors (Lipinski definition) is 2. The molecule has 3 N–H and O–H groups in total. The van der Waals surface area contributed by atoms with Crippen LogP contribution in [0.2, 0.25) is 0 Å². The summed E-state index contributed by atoms with van der Waals surface area (Å²) in [6.07, 6.45) is 2.06. The van der Waals surface area contributed by atoms with Gasteiger partial charge in [-0.1, -0.05) is 32.9 Å². The van der Waals surface area contributed by atoms with Crippen molar-refractivity contribution in [3.8, 4) is 5.75 Å². The van der Waals surface area contributed by atoms with Crippen LogP contribution in [0.15, 0.2) is 18.2 Å². The zero-order valence-electron chi connectivity index (χ0n) is 13.0. The van der Waals surface area contributed by atoms with Gasteiger partial charge in [-0.15, -0.1) is 0 Å². The molecule has 0 heterocycles. The number of benzene rings is 1. The lowest BCUT2D eigenvalue weighted by molar-refractivity contribution is -0.121. The van der Waals surface area contributed by atoms with E-state index in [9.17, 15) is 4.79 Å². The molecule has 0 aromatic heterocycles. The lowest BCUT2D eigenvalue weighted by Crippen LogP contribution is -2.29. The summed E-state index contributed by atoms with van der Waals surface area (Å²) < 4.78 is 5.90. The Bertz CT molecular complexity index is 450. The maximum Gasteiger partial charge on any atom is 0.233 e. The molecule has 1 aromatic carbocycles. The minimum atomic E-state index is -0.129. The van der Waals surface area contributed by atoms with Gasteiger partial charge < -0.3 is 4.74 Å². The molecule has 0 saturated heterocycles. The van der Waals surface area contributed by atoms with E-state index in [1.807, 2.05) is 0 Å². The maximum absolute atomic E-state index is 11.0. The number of nitrogens with two attached hydrogens (primary N) is 1. The highest BCUT2D eigenvalue weighted by molar-refractivity contribution is 5.75. The van der Waals surface area contributed by atoms with Crippen molar-refractivity contribution in [2.24, 2.45) is 5.84 Å². The van der Waals surface area contributed by atoms with Gasteiger partial charge in [0.15, 0.2) is 0 Å². The van der Waals surface area contributed by atoms with Crippen molar-refractivity contribution in [1.29, 1.82) is 0 Å². The molecule has 20 heavy (non-hydrogen) atoms. The molecule has 1 amide bonds. The van der Waals surface area contributed by atoms with Crippen molar-refractivity contribution in [2.75, 3.05) is 6.61 Å². The first-order valence-corrected chi connectivity index (χ1v) is 7.08. The Labute approximate surface area is 121 Å². The molecule has 0 radical (unpaired) electrons. The number of carbonyl (C=O) groups excluding carboxylic acids is 1. The van der Waals surface area contributed by atoms with E-state index < -0.39 is 0 Å². The third kappa shape index (κ3) is 5.21. The van der Waals surface area contributed by atoms with Crippen LogP contribution in [0.4, 0.5) is 0 Å². The molecule has 0 bridgehead atoms. The summed E-state index contributed by atoms with van der Waals surface area (Å²) >= 11 is 0. The van der Waals surface area contributed by atoms with Gasteiger partial charge in [-0.3, -0.25) is 10.2 Å². The summed E-state index contributed by atoms with van der Waals surface area (Å²) in [4.78, 5) is 11.0. The Kier molecular flexibility index (Phi) is 6.02. The van der Waals surface area contributed by atoms with Gasteiger partial charge in [-0.25, -0.2) is 5.84 Å². The fraction of sp³-hybridized carbons (Fsp3) is 0.562. The summed E-state index contributed by atoms with van der Waals surface area (Å²) in [5, 5.41) is 0. The van der Waals surface area contributed by atoms with Crippen LogP contribution in [0.1, 0.15) is 51.2 Å². The predicted octanol–water partition coefficient (Wildman–Crippen LogP) is 2.83. The molecule has 0 unspecified atom stereocenters. The first kappa shape index (κ1) is 16.5. The van der Waals surface area contributed by atoms with E-state index in [1.165, 1.54) is 11.1 Å². The average molecular weight is 278 g/mol. The highest BCUT2D eigenvalue weighted by Crippen LogP contribution is 2.32. The highest BCUT2D eigenvalue weighted by Gasteiger charge is 2.18. The second-order valence-corrected chi connectivity index (χ2v) is 6.12. The number of aryl methyl sites for hydroxylation is 1. The van der Waals surface area contributed by atoms with Crippen LogP contribution in [-0.4, -0.2) is 12.5 Å². The molecule has 0 spiro atoms. The van der Waals surface area contributed by atoms with Gasteiger partial charge in [0, 0.05) is 6.42 Å². The summed E-state index contributed by atoms with van der Waals surface area (Å²) in [7, 11) is 0. The first-order valence-electron chi connectivity index (χ1n) is 7.08. The van der Waals surface area contributed by atoms with Crippen molar-refractivity contribution in [1.82, 2.24) is 5.43 Å². The third-order valence-corrected chi connectivity index (χ3v) is 3.16. The molecule has 0 aliphatic carbocycles. The maximum atomic E-state index is 11.0. The lowest BCUT2D eigenvalue weighted by atomic mass is 9.86. The number of carbonyl (C=O) groups is 1. The number of ether oxygens (including phenoxy) is 1. The fourth-order valence-electron chi connectivity index (χ4n) is 2.01. The monoisotopic (exact) mass is 278 g/mol. The fourth-order valence-corrected chi connectivity index (χ4v) is 2.01. The summed E-state index contributed by atoms with van der Waals surface area (Å²) in [5.41, 5.74) is 4.59. The minimum Gasteiger partial charge on any atom is -0.493 e. The second-order valence-electron chi connectivity index (χ2n) is 6.12. The van der Waals surface area contributed by atoms with Crippen molar-refractivity contribution in [3.05, 3.63) is 29.3 Å². The molecular weight excluding hydrogens is 252 g/mol. The molecule has 112 valence electrons. The van der Waals surface area contributed by atoms with Crippen LogP contribution in [0.5, 0.6) is 5.75 Å².